The Bertz CT molecular complexity index is 619. The number of nitrogens with one attached hydrogen (secondary N) is 1. The average molecular weight is 371 g/mol. The summed E-state index contributed by atoms with van der Waals surface area (Å²) in [4.78, 5) is 0. The van der Waals surface area contributed by atoms with Crippen molar-refractivity contribution in [2.24, 2.45) is 0 Å². The summed E-state index contributed by atoms with van der Waals surface area (Å²) in [5, 5.41) is 3.98. The van der Waals surface area contributed by atoms with Crippen LogP contribution in [0.4, 0.5) is 0 Å². The quantitative estimate of drug-likeness (QED) is 0.775. The molecule has 0 radical (unpaired) electrons. The van der Waals surface area contributed by atoms with Crippen molar-refractivity contribution in [2.75, 3.05) is 13.7 Å². The van der Waals surface area contributed by atoms with Crippen LogP contribution in [0, 0.1) is 0 Å². The first kappa shape index (κ1) is 16.1. The summed E-state index contributed by atoms with van der Waals surface area (Å²) in [6.45, 7) is 3.66. The van der Waals surface area contributed by atoms with E-state index in [4.69, 9.17) is 21.1 Å². The fourth-order valence-corrected chi connectivity index (χ4v) is 2.49. The maximum atomic E-state index is 6.06. The van der Waals surface area contributed by atoms with E-state index in [0.29, 0.717) is 11.6 Å². The van der Waals surface area contributed by atoms with Gasteiger partial charge in [-0.25, -0.2) is 0 Å². The lowest BCUT2D eigenvalue weighted by Crippen LogP contribution is -2.12. The molecule has 0 fully saturated rings. The van der Waals surface area contributed by atoms with E-state index in [9.17, 15) is 0 Å². The molecule has 2 rings (SSSR count). The molecule has 0 atom stereocenters. The van der Waals surface area contributed by atoms with Gasteiger partial charge in [0.2, 0.25) is 0 Å². The molecule has 0 spiro atoms. The van der Waals surface area contributed by atoms with Gasteiger partial charge in [-0.15, -0.1) is 0 Å². The van der Waals surface area contributed by atoms with Crippen molar-refractivity contribution in [3.8, 4) is 17.2 Å². The molecule has 21 heavy (non-hydrogen) atoms. The number of hydrogen-bond acceptors (Lipinski definition) is 3. The summed E-state index contributed by atoms with van der Waals surface area (Å²) >= 11 is 9.55. The van der Waals surface area contributed by atoms with Gasteiger partial charge in [0.25, 0.3) is 0 Å². The van der Waals surface area contributed by atoms with Crippen LogP contribution in [-0.4, -0.2) is 13.7 Å². The molecule has 0 saturated carbocycles. The molecule has 0 bridgehead atoms. The number of halogens is 2. The average Bonchev–Trinajstić information content (AvgIpc) is 2.49. The first-order valence-electron chi connectivity index (χ1n) is 6.64. The maximum Gasteiger partial charge on any atom is 0.141 e. The number of methoxy groups -OCH3 is 1. The molecule has 0 aromatic heterocycles. The molecule has 0 unspecified atom stereocenters. The van der Waals surface area contributed by atoms with Crippen LogP contribution >= 0.6 is 27.5 Å². The Balaban J connectivity index is 2.26. The molecule has 0 amide bonds. The summed E-state index contributed by atoms with van der Waals surface area (Å²) in [7, 11) is 1.63. The van der Waals surface area contributed by atoms with Crippen LogP contribution in [0.15, 0.2) is 40.9 Å². The molecule has 2 aromatic rings. The van der Waals surface area contributed by atoms with Gasteiger partial charge in [0, 0.05) is 17.1 Å². The van der Waals surface area contributed by atoms with E-state index in [1.807, 2.05) is 36.4 Å². The van der Waals surface area contributed by atoms with Gasteiger partial charge in [0.15, 0.2) is 0 Å². The van der Waals surface area contributed by atoms with E-state index in [2.05, 4.69) is 28.2 Å². The van der Waals surface area contributed by atoms with Crippen LogP contribution < -0.4 is 14.8 Å². The van der Waals surface area contributed by atoms with E-state index in [1.165, 1.54) is 0 Å². The number of ether oxygens (including phenoxy) is 2. The summed E-state index contributed by atoms with van der Waals surface area (Å²) in [5.41, 5.74) is 1.02. The van der Waals surface area contributed by atoms with Crippen LogP contribution in [-0.2, 0) is 6.54 Å². The lowest BCUT2D eigenvalue weighted by molar-refractivity contribution is 0.412. The fourth-order valence-electron chi connectivity index (χ4n) is 1.86. The van der Waals surface area contributed by atoms with Crippen LogP contribution in [0.25, 0.3) is 0 Å². The third-order valence-electron chi connectivity index (χ3n) is 2.95. The molecule has 0 aliphatic carbocycles. The van der Waals surface area contributed by atoms with Crippen molar-refractivity contribution >= 4 is 27.5 Å². The molecule has 112 valence electrons. The van der Waals surface area contributed by atoms with Gasteiger partial charge in [-0.2, -0.15) is 0 Å². The van der Waals surface area contributed by atoms with Gasteiger partial charge in [0.05, 0.1) is 11.6 Å². The standard InChI is InChI=1S/C16H17BrClNO2/c1-3-19-10-11-8-12(18)4-6-15(11)21-16-7-5-13(20-2)9-14(16)17/h4-9,19H,3,10H2,1-2H3. The Morgan fingerprint density at radius 3 is 2.57 bits per heavy atom. The third kappa shape index (κ3) is 4.37. The number of benzene rings is 2. The Morgan fingerprint density at radius 1 is 1.14 bits per heavy atom. The minimum atomic E-state index is 0.698. The second-order valence-electron chi connectivity index (χ2n) is 4.43. The zero-order valence-electron chi connectivity index (χ0n) is 12.0. The molecule has 2 aromatic carbocycles. The van der Waals surface area contributed by atoms with E-state index < -0.39 is 0 Å². The van der Waals surface area contributed by atoms with Crippen LogP contribution in [0.1, 0.15) is 12.5 Å². The van der Waals surface area contributed by atoms with Crippen LogP contribution in [0.3, 0.4) is 0 Å². The molecular weight excluding hydrogens is 354 g/mol. The van der Waals surface area contributed by atoms with Gasteiger partial charge in [0.1, 0.15) is 17.2 Å². The third-order valence-corrected chi connectivity index (χ3v) is 3.80. The number of hydrogen-bond donors (Lipinski definition) is 1. The first-order valence-corrected chi connectivity index (χ1v) is 7.81. The molecule has 1 N–H and O–H groups in total. The lowest BCUT2D eigenvalue weighted by Gasteiger charge is -2.13. The zero-order valence-corrected chi connectivity index (χ0v) is 14.3. The summed E-state index contributed by atoms with van der Waals surface area (Å²) in [6.07, 6.45) is 0. The monoisotopic (exact) mass is 369 g/mol. The molecule has 5 heteroatoms. The Labute approximate surface area is 138 Å². The molecule has 0 saturated heterocycles. The van der Waals surface area contributed by atoms with Gasteiger partial charge < -0.3 is 14.8 Å². The van der Waals surface area contributed by atoms with Crippen LogP contribution in [0.2, 0.25) is 5.02 Å². The zero-order chi connectivity index (χ0) is 15.2. The minimum absolute atomic E-state index is 0.698. The smallest absolute Gasteiger partial charge is 0.141 e. The van der Waals surface area contributed by atoms with Crippen molar-refractivity contribution < 1.29 is 9.47 Å². The minimum Gasteiger partial charge on any atom is -0.497 e. The Hall–Kier alpha value is -1.23. The SMILES string of the molecule is CCNCc1cc(Cl)ccc1Oc1ccc(OC)cc1Br. The Kier molecular flexibility index (Phi) is 5.91. The Morgan fingerprint density at radius 2 is 1.90 bits per heavy atom. The summed E-state index contributed by atoms with van der Waals surface area (Å²) in [5.74, 6) is 2.29. The van der Waals surface area contributed by atoms with E-state index in [0.717, 1.165) is 33.8 Å². The van der Waals surface area contributed by atoms with Crippen molar-refractivity contribution in [2.45, 2.75) is 13.5 Å². The normalized spacial score (nSPS) is 10.5. The molecule has 0 aliphatic heterocycles. The van der Waals surface area contributed by atoms with Crippen molar-refractivity contribution in [1.29, 1.82) is 0 Å². The fraction of sp³-hybridized carbons (Fsp3) is 0.250. The summed E-state index contributed by atoms with van der Waals surface area (Å²) in [6, 6.07) is 11.2. The highest BCUT2D eigenvalue weighted by Crippen LogP contribution is 2.34. The van der Waals surface area contributed by atoms with Gasteiger partial charge in [-0.3, -0.25) is 0 Å². The largest absolute Gasteiger partial charge is 0.497 e. The molecule has 0 aliphatic rings. The molecule has 0 heterocycles. The van der Waals surface area contributed by atoms with Gasteiger partial charge in [-0.1, -0.05) is 18.5 Å². The second kappa shape index (κ2) is 7.69. The van der Waals surface area contributed by atoms with E-state index in [-0.39, 0.29) is 0 Å². The predicted octanol–water partition coefficient (Wildman–Crippen LogP) is 5.01. The van der Waals surface area contributed by atoms with Gasteiger partial charge in [-0.05, 0) is 58.9 Å². The van der Waals surface area contributed by atoms with Gasteiger partial charge >= 0.3 is 0 Å². The van der Waals surface area contributed by atoms with Crippen LogP contribution in [0.5, 0.6) is 17.2 Å². The topological polar surface area (TPSA) is 30.5 Å². The highest BCUT2D eigenvalue weighted by molar-refractivity contribution is 9.10. The highest BCUT2D eigenvalue weighted by atomic mass is 79.9. The van der Waals surface area contributed by atoms with E-state index >= 15 is 0 Å². The molecular formula is C16H17BrClNO2. The maximum absolute atomic E-state index is 6.06. The second-order valence-corrected chi connectivity index (χ2v) is 5.72. The first-order chi connectivity index (χ1) is 10.1. The van der Waals surface area contributed by atoms with Crippen molar-refractivity contribution in [3.05, 3.63) is 51.5 Å². The summed E-state index contributed by atoms with van der Waals surface area (Å²) < 4.78 is 12.0. The number of rotatable bonds is 6. The highest BCUT2D eigenvalue weighted by Gasteiger charge is 2.09. The molecule has 3 nitrogen and oxygen atoms in total. The lowest BCUT2D eigenvalue weighted by atomic mass is 10.2. The predicted molar refractivity (Wildman–Crippen MR) is 89.6 cm³/mol. The van der Waals surface area contributed by atoms with Crippen molar-refractivity contribution in [1.82, 2.24) is 5.32 Å². The van der Waals surface area contributed by atoms with Crippen molar-refractivity contribution in [3.63, 3.8) is 0 Å². The van der Waals surface area contributed by atoms with E-state index in [1.54, 1.807) is 7.11 Å².